The highest BCUT2D eigenvalue weighted by molar-refractivity contribution is 5.84. The van der Waals surface area contributed by atoms with Gasteiger partial charge in [0, 0.05) is 12.5 Å². The summed E-state index contributed by atoms with van der Waals surface area (Å²) in [5.41, 5.74) is -1.53. The van der Waals surface area contributed by atoms with Gasteiger partial charge in [-0.3, -0.25) is 9.59 Å². The van der Waals surface area contributed by atoms with E-state index in [2.05, 4.69) is 5.32 Å². The molecule has 1 aliphatic carbocycles. The topological polar surface area (TPSA) is 86.6 Å². The van der Waals surface area contributed by atoms with Crippen molar-refractivity contribution < 1.29 is 19.8 Å². The summed E-state index contributed by atoms with van der Waals surface area (Å²) in [5.74, 6) is -1.29. The highest BCUT2D eigenvalue weighted by Crippen LogP contribution is 2.68. The second kappa shape index (κ2) is 4.23. The largest absolute Gasteiger partial charge is 0.481 e. The fourth-order valence-corrected chi connectivity index (χ4v) is 2.62. The Balaban J connectivity index is 2.51. The minimum atomic E-state index is -1.41. The van der Waals surface area contributed by atoms with Crippen LogP contribution in [0.15, 0.2) is 0 Å². The van der Waals surface area contributed by atoms with E-state index in [-0.39, 0.29) is 35.6 Å². The van der Waals surface area contributed by atoms with E-state index in [1.807, 2.05) is 27.7 Å². The molecule has 5 heteroatoms. The molecule has 0 radical (unpaired) electrons. The second-order valence-corrected chi connectivity index (χ2v) is 6.66. The molecule has 1 atom stereocenters. The summed E-state index contributed by atoms with van der Waals surface area (Å²) >= 11 is 0. The summed E-state index contributed by atoms with van der Waals surface area (Å²) in [4.78, 5) is 22.5. The van der Waals surface area contributed by atoms with Gasteiger partial charge in [-0.25, -0.2) is 0 Å². The van der Waals surface area contributed by atoms with Crippen molar-refractivity contribution in [1.29, 1.82) is 0 Å². The zero-order valence-corrected chi connectivity index (χ0v) is 11.7. The van der Waals surface area contributed by atoms with Gasteiger partial charge in [-0.05, 0) is 17.8 Å². The molecule has 1 saturated carbocycles. The molecule has 0 spiro atoms. The lowest BCUT2D eigenvalue weighted by atomic mass is 10.0. The number of carbonyl (C=O) groups excluding carboxylic acids is 1. The maximum atomic E-state index is 12.0. The lowest BCUT2D eigenvalue weighted by molar-refractivity contribution is -0.142. The zero-order chi connectivity index (χ0) is 14.4. The molecule has 0 aromatic carbocycles. The Hall–Kier alpha value is -1.10. The van der Waals surface area contributed by atoms with E-state index >= 15 is 0 Å². The molecule has 104 valence electrons. The van der Waals surface area contributed by atoms with Crippen LogP contribution in [-0.4, -0.2) is 34.2 Å². The van der Waals surface area contributed by atoms with Gasteiger partial charge in [-0.15, -0.1) is 0 Å². The molecule has 3 N–H and O–H groups in total. The Kier molecular flexibility index (Phi) is 3.51. The van der Waals surface area contributed by atoms with Crippen molar-refractivity contribution in [2.75, 3.05) is 6.54 Å². The van der Waals surface area contributed by atoms with Crippen molar-refractivity contribution in [3.63, 3.8) is 0 Å². The smallest absolute Gasteiger partial charge is 0.306 e. The highest BCUT2D eigenvalue weighted by atomic mass is 16.4. The summed E-state index contributed by atoms with van der Waals surface area (Å²) in [6.45, 7) is 9.50. The van der Waals surface area contributed by atoms with Crippen molar-refractivity contribution in [1.82, 2.24) is 5.32 Å². The predicted molar refractivity (Wildman–Crippen MR) is 66.9 cm³/mol. The molecule has 1 fully saturated rings. The van der Waals surface area contributed by atoms with Crippen molar-refractivity contribution in [3.8, 4) is 0 Å². The summed E-state index contributed by atoms with van der Waals surface area (Å²) < 4.78 is 0. The molecule has 0 saturated heterocycles. The van der Waals surface area contributed by atoms with Crippen LogP contribution < -0.4 is 5.32 Å². The third-order valence-corrected chi connectivity index (χ3v) is 4.46. The molecular formula is C13H23NO4. The van der Waals surface area contributed by atoms with E-state index in [4.69, 9.17) is 5.11 Å². The molecule has 0 heterocycles. The number of aliphatic carboxylic acids is 1. The first kappa shape index (κ1) is 15.0. The molecule has 1 aliphatic rings. The van der Waals surface area contributed by atoms with Crippen LogP contribution in [0.5, 0.6) is 0 Å². The maximum absolute atomic E-state index is 12.0. The van der Waals surface area contributed by atoms with Gasteiger partial charge in [-0.2, -0.15) is 0 Å². The number of amides is 1. The molecule has 0 aromatic rings. The van der Waals surface area contributed by atoms with Crippen molar-refractivity contribution in [2.24, 2.45) is 16.7 Å². The number of nitrogens with one attached hydrogen (secondary N) is 1. The first-order chi connectivity index (χ1) is 7.92. The van der Waals surface area contributed by atoms with Gasteiger partial charge < -0.3 is 15.5 Å². The molecule has 1 amide bonds. The minimum absolute atomic E-state index is 0.0409. The average Bonchev–Trinajstić information content (AvgIpc) is 2.52. The van der Waals surface area contributed by atoms with E-state index in [0.717, 1.165) is 0 Å². The Labute approximate surface area is 108 Å². The van der Waals surface area contributed by atoms with Gasteiger partial charge in [0.1, 0.15) is 0 Å². The lowest BCUT2D eigenvalue weighted by Crippen LogP contribution is -2.43. The Bertz CT molecular complexity index is 357. The Morgan fingerprint density at radius 3 is 2.00 bits per heavy atom. The van der Waals surface area contributed by atoms with Crippen molar-refractivity contribution >= 4 is 11.9 Å². The first-order valence-electron chi connectivity index (χ1n) is 6.14. The number of carboxylic acids is 1. The lowest BCUT2D eigenvalue weighted by Gasteiger charge is -2.21. The predicted octanol–water partition coefficient (Wildman–Crippen LogP) is 1.01. The number of hydrogen-bond donors (Lipinski definition) is 3. The molecule has 18 heavy (non-hydrogen) atoms. The zero-order valence-electron chi connectivity index (χ0n) is 11.7. The van der Waals surface area contributed by atoms with Gasteiger partial charge in [0.05, 0.1) is 12.0 Å². The Morgan fingerprint density at radius 2 is 1.67 bits per heavy atom. The van der Waals surface area contributed by atoms with Crippen LogP contribution >= 0.6 is 0 Å². The highest BCUT2D eigenvalue weighted by Gasteiger charge is 2.68. The van der Waals surface area contributed by atoms with E-state index in [1.54, 1.807) is 0 Å². The van der Waals surface area contributed by atoms with Crippen molar-refractivity contribution in [3.05, 3.63) is 0 Å². The third kappa shape index (κ3) is 2.66. The number of carboxylic acid groups (broad SMARTS) is 1. The van der Waals surface area contributed by atoms with Crippen molar-refractivity contribution in [2.45, 2.75) is 46.6 Å². The van der Waals surface area contributed by atoms with Crippen LogP contribution in [0, 0.1) is 16.7 Å². The summed E-state index contributed by atoms with van der Waals surface area (Å²) in [6, 6.07) is 0. The standard InChI is InChI=1S/C13H23NO4/c1-11(2)9(12(11,3)4)10(17)14-7-13(5,18)6-8(15)16/h9,18H,6-7H2,1-5H3,(H,14,17)(H,15,16). The molecule has 1 rings (SSSR count). The first-order valence-corrected chi connectivity index (χ1v) is 6.14. The van der Waals surface area contributed by atoms with Gasteiger partial charge in [0.15, 0.2) is 0 Å². The molecule has 0 aliphatic heterocycles. The minimum Gasteiger partial charge on any atom is -0.481 e. The van der Waals surface area contributed by atoms with Gasteiger partial charge in [0.25, 0.3) is 0 Å². The van der Waals surface area contributed by atoms with E-state index in [0.29, 0.717) is 0 Å². The number of carbonyl (C=O) groups is 2. The monoisotopic (exact) mass is 257 g/mol. The number of rotatable bonds is 5. The van der Waals surface area contributed by atoms with Crippen LogP contribution in [-0.2, 0) is 9.59 Å². The summed E-state index contributed by atoms with van der Waals surface area (Å²) in [7, 11) is 0. The van der Waals surface area contributed by atoms with E-state index < -0.39 is 11.6 Å². The maximum Gasteiger partial charge on any atom is 0.306 e. The number of hydrogen-bond acceptors (Lipinski definition) is 3. The molecule has 5 nitrogen and oxygen atoms in total. The van der Waals surface area contributed by atoms with E-state index in [1.165, 1.54) is 6.92 Å². The second-order valence-electron chi connectivity index (χ2n) is 6.66. The normalized spacial score (nSPS) is 24.1. The molecular weight excluding hydrogens is 234 g/mol. The summed E-state index contributed by atoms with van der Waals surface area (Å²) in [5, 5.41) is 21.1. The van der Waals surface area contributed by atoms with E-state index in [9.17, 15) is 14.7 Å². The molecule has 0 aromatic heterocycles. The van der Waals surface area contributed by atoms with Crippen LogP contribution in [0.3, 0.4) is 0 Å². The molecule has 1 unspecified atom stereocenters. The van der Waals surface area contributed by atoms with Crippen LogP contribution in [0.2, 0.25) is 0 Å². The fourth-order valence-electron chi connectivity index (χ4n) is 2.62. The van der Waals surface area contributed by atoms with Crippen LogP contribution in [0.25, 0.3) is 0 Å². The number of aliphatic hydroxyl groups is 1. The summed E-state index contributed by atoms with van der Waals surface area (Å²) in [6.07, 6.45) is -0.384. The van der Waals surface area contributed by atoms with Crippen LogP contribution in [0.1, 0.15) is 41.0 Å². The molecule has 0 bridgehead atoms. The Morgan fingerprint density at radius 1 is 1.22 bits per heavy atom. The van der Waals surface area contributed by atoms with Crippen LogP contribution in [0.4, 0.5) is 0 Å². The fraction of sp³-hybridized carbons (Fsp3) is 0.846. The van der Waals surface area contributed by atoms with Gasteiger partial charge in [0.2, 0.25) is 5.91 Å². The average molecular weight is 257 g/mol. The van der Waals surface area contributed by atoms with Gasteiger partial charge >= 0.3 is 5.97 Å². The van der Waals surface area contributed by atoms with Gasteiger partial charge in [-0.1, -0.05) is 27.7 Å². The quantitative estimate of drug-likeness (QED) is 0.686. The third-order valence-electron chi connectivity index (χ3n) is 4.46. The SMILES string of the molecule is CC(O)(CNC(=O)C1C(C)(C)C1(C)C)CC(=O)O.